The Morgan fingerprint density at radius 2 is 2.08 bits per heavy atom. The smallest absolute Gasteiger partial charge is 0.250 e. The maximum Gasteiger partial charge on any atom is 0.250 e. The first-order chi connectivity index (χ1) is 11.6. The van der Waals surface area contributed by atoms with Gasteiger partial charge in [-0.15, -0.1) is 10.2 Å². The van der Waals surface area contributed by atoms with E-state index < -0.39 is 5.91 Å². The average Bonchev–Trinajstić information content (AvgIpc) is 3.20. The molecule has 118 valence electrons. The number of benzene rings is 1. The Hall–Kier alpha value is -3.55. The lowest BCUT2D eigenvalue weighted by Gasteiger charge is -1.97. The molecule has 24 heavy (non-hydrogen) atoms. The van der Waals surface area contributed by atoms with Gasteiger partial charge in [0.1, 0.15) is 11.2 Å². The SMILES string of the molecule is Cc1nnc(-c2ccc(-c3nc4c(C(N)=O)cccc4[nH]3)nc2)o1. The number of rotatable bonds is 3. The van der Waals surface area contributed by atoms with E-state index in [9.17, 15) is 4.79 Å². The molecule has 0 fully saturated rings. The Labute approximate surface area is 135 Å². The zero-order valence-corrected chi connectivity index (χ0v) is 12.6. The van der Waals surface area contributed by atoms with Crippen molar-refractivity contribution < 1.29 is 9.21 Å². The quantitative estimate of drug-likeness (QED) is 0.595. The zero-order chi connectivity index (χ0) is 16.7. The van der Waals surface area contributed by atoms with E-state index in [2.05, 4.69) is 25.1 Å². The fourth-order valence-electron chi connectivity index (χ4n) is 2.43. The van der Waals surface area contributed by atoms with E-state index in [4.69, 9.17) is 10.2 Å². The first-order valence-corrected chi connectivity index (χ1v) is 7.17. The number of amides is 1. The van der Waals surface area contributed by atoms with Crippen molar-refractivity contribution >= 4 is 16.9 Å². The highest BCUT2D eigenvalue weighted by atomic mass is 16.4. The number of primary amides is 1. The summed E-state index contributed by atoms with van der Waals surface area (Å²) in [6.45, 7) is 1.73. The van der Waals surface area contributed by atoms with Crippen LogP contribution in [0.1, 0.15) is 16.2 Å². The maximum atomic E-state index is 11.5. The monoisotopic (exact) mass is 320 g/mol. The number of hydrogen-bond acceptors (Lipinski definition) is 6. The van der Waals surface area contributed by atoms with Gasteiger partial charge in [-0.1, -0.05) is 6.07 Å². The topological polar surface area (TPSA) is 124 Å². The number of para-hydroxylation sites is 1. The summed E-state index contributed by atoms with van der Waals surface area (Å²) in [4.78, 5) is 23.4. The molecule has 3 N–H and O–H groups in total. The summed E-state index contributed by atoms with van der Waals surface area (Å²) in [6, 6.07) is 8.82. The minimum absolute atomic E-state index is 0.368. The number of aromatic amines is 1. The molecular formula is C16H12N6O2. The van der Waals surface area contributed by atoms with Crippen molar-refractivity contribution in [3.8, 4) is 23.0 Å². The summed E-state index contributed by atoms with van der Waals surface area (Å²) in [5, 5.41) is 7.74. The van der Waals surface area contributed by atoms with Gasteiger partial charge in [0.2, 0.25) is 11.8 Å². The van der Waals surface area contributed by atoms with Crippen molar-refractivity contribution in [1.82, 2.24) is 25.1 Å². The average molecular weight is 320 g/mol. The van der Waals surface area contributed by atoms with Crippen molar-refractivity contribution in [2.75, 3.05) is 0 Å². The van der Waals surface area contributed by atoms with Crippen LogP contribution in [0.3, 0.4) is 0 Å². The molecule has 3 heterocycles. The molecule has 0 atom stereocenters. The van der Waals surface area contributed by atoms with Crippen molar-refractivity contribution in [2.45, 2.75) is 6.92 Å². The molecule has 0 spiro atoms. The van der Waals surface area contributed by atoms with E-state index in [0.29, 0.717) is 39.9 Å². The highest BCUT2D eigenvalue weighted by Gasteiger charge is 2.13. The van der Waals surface area contributed by atoms with Crippen molar-refractivity contribution in [1.29, 1.82) is 0 Å². The molecule has 0 radical (unpaired) electrons. The largest absolute Gasteiger partial charge is 0.421 e. The molecule has 4 aromatic rings. The predicted octanol–water partition coefficient (Wildman–Crippen LogP) is 2.08. The number of pyridine rings is 1. The van der Waals surface area contributed by atoms with Crippen LogP contribution in [0.25, 0.3) is 34.0 Å². The number of nitrogens with zero attached hydrogens (tertiary/aromatic N) is 4. The van der Waals surface area contributed by atoms with Gasteiger partial charge in [-0.05, 0) is 24.3 Å². The highest BCUT2D eigenvalue weighted by Crippen LogP contribution is 2.23. The van der Waals surface area contributed by atoms with Gasteiger partial charge in [-0.2, -0.15) is 0 Å². The molecule has 0 aliphatic heterocycles. The van der Waals surface area contributed by atoms with Gasteiger partial charge >= 0.3 is 0 Å². The molecular weight excluding hydrogens is 308 g/mol. The molecule has 0 bridgehead atoms. The van der Waals surface area contributed by atoms with Gasteiger partial charge in [-0.3, -0.25) is 9.78 Å². The van der Waals surface area contributed by atoms with E-state index in [1.54, 1.807) is 31.3 Å². The fourth-order valence-corrected chi connectivity index (χ4v) is 2.43. The number of carbonyl (C=O) groups is 1. The van der Waals surface area contributed by atoms with E-state index in [1.165, 1.54) is 0 Å². The van der Waals surface area contributed by atoms with Gasteiger partial charge in [0, 0.05) is 13.1 Å². The molecule has 8 heteroatoms. The summed E-state index contributed by atoms with van der Waals surface area (Å²) in [6.07, 6.45) is 1.63. The van der Waals surface area contributed by atoms with Crippen LogP contribution in [-0.4, -0.2) is 31.1 Å². The van der Waals surface area contributed by atoms with Crippen LogP contribution >= 0.6 is 0 Å². The van der Waals surface area contributed by atoms with E-state index in [-0.39, 0.29) is 0 Å². The van der Waals surface area contributed by atoms with Crippen molar-refractivity contribution in [3.05, 3.63) is 48.0 Å². The second-order valence-corrected chi connectivity index (χ2v) is 5.21. The summed E-state index contributed by atoms with van der Waals surface area (Å²) in [5.41, 5.74) is 8.34. The summed E-state index contributed by atoms with van der Waals surface area (Å²) in [7, 11) is 0. The van der Waals surface area contributed by atoms with Gasteiger partial charge in [0.25, 0.3) is 5.91 Å². The predicted molar refractivity (Wildman–Crippen MR) is 85.9 cm³/mol. The first-order valence-electron chi connectivity index (χ1n) is 7.17. The molecule has 3 aromatic heterocycles. The van der Waals surface area contributed by atoms with Crippen LogP contribution in [-0.2, 0) is 0 Å². The van der Waals surface area contributed by atoms with Crippen LogP contribution in [0.15, 0.2) is 40.9 Å². The van der Waals surface area contributed by atoms with E-state index in [0.717, 1.165) is 5.52 Å². The molecule has 1 aromatic carbocycles. The van der Waals surface area contributed by atoms with Crippen molar-refractivity contribution in [2.24, 2.45) is 5.73 Å². The third-order valence-electron chi connectivity index (χ3n) is 3.56. The lowest BCUT2D eigenvalue weighted by Crippen LogP contribution is -2.11. The fraction of sp³-hybridized carbons (Fsp3) is 0.0625. The van der Waals surface area contributed by atoms with E-state index >= 15 is 0 Å². The molecule has 0 aliphatic carbocycles. The van der Waals surface area contributed by atoms with Crippen LogP contribution in [0.2, 0.25) is 0 Å². The van der Waals surface area contributed by atoms with Crippen LogP contribution in [0, 0.1) is 6.92 Å². The van der Waals surface area contributed by atoms with Gasteiger partial charge in [-0.25, -0.2) is 4.98 Å². The third kappa shape index (κ3) is 2.30. The van der Waals surface area contributed by atoms with E-state index in [1.807, 2.05) is 12.1 Å². The first kappa shape index (κ1) is 14.1. The molecule has 8 nitrogen and oxygen atoms in total. The second-order valence-electron chi connectivity index (χ2n) is 5.21. The lowest BCUT2D eigenvalue weighted by atomic mass is 10.2. The van der Waals surface area contributed by atoms with Crippen LogP contribution in [0.5, 0.6) is 0 Å². The Morgan fingerprint density at radius 1 is 1.21 bits per heavy atom. The number of imidazole rings is 1. The summed E-state index contributed by atoms with van der Waals surface area (Å²) >= 11 is 0. The standard InChI is InChI=1S/C16H12N6O2/c1-8-21-22-16(24-8)9-5-6-12(18-7-9)15-19-11-4-2-3-10(14(17)23)13(11)20-15/h2-7H,1H3,(H2,17,23)(H,19,20). The Morgan fingerprint density at radius 3 is 2.75 bits per heavy atom. The number of fused-ring (bicyclic) bond motifs is 1. The number of aromatic nitrogens is 5. The number of nitrogens with one attached hydrogen (secondary N) is 1. The minimum Gasteiger partial charge on any atom is -0.421 e. The number of carbonyl (C=O) groups excluding carboxylic acids is 1. The van der Waals surface area contributed by atoms with Gasteiger partial charge < -0.3 is 15.1 Å². The lowest BCUT2D eigenvalue weighted by molar-refractivity contribution is 0.100. The Kier molecular flexibility index (Phi) is 3.09. The van der Waals surface area contributed by atoms with Crippen molar-refractivity contribution in [3.63, 3.8) is 0 Å². The van der Waals surface area contributed by atoms with Gasteiger partial charge in [0.15, 0.2) is 5.82 Å². The van der Waals surface area contributed by atoms with Crippen LogP contribution in [0.4, 0.5) is 0 Å². The molecule has 0 aliphatic rings. The summed E-state index contributed by atoms with van der Waals surface area (Å²) in [5.74, 6) is 0.929. The highest BCUT2D eigenvalue weighted by molar-refractivity contribution is 6.04. The maximum absolute atomic E-state index is 11.5. The molecule has 4 rings (SSSR count). The number of aryl methyl sites for hydroxylation is 1. The molecule has 0 unspecified atom stereocenters. The van der Waals surface area contributed by atoms with Crippen LogP contribution < -0.4 is 5.73 Å². The normalized spacial score (nSPS) is 11.0. The number of nitrogens with two attached hydrogens (primary N) is 1. The van der Waals surface area contributed by atoms with Gasteiger partial charge in [0.05, 0.1) is 16.6 Å². The molecule has 1 amide bonds. The summed E-state index contributed by atoms with van der Waals surface area (Å²) < 4.78 is 5.37. The third-order valence-corrected chi connectivity index (χ3v) is 3.56. The Balaban J connectivity index is 1.75. The molecule has 0 saturated carbocycles. The number of H-pyrrole nitrogens is 1. The molecule has 0 saturated heterocycles. The second kappa shape index (κ2) is 5.27. The minimum atomic E-state index is -0.520. The zero-order valence-electron chi connectivity index (χ0n) is 12.6. The Bertz CT molecular complexity index is 1050. The number of hydrogen-bond donors (Lipinski definition) is 2.